The third kappa shape index (κ3) is 1.38. The van der Waals surface area contributed by atoms with Crippen LogP contribution in [-0.4, -0.2) is 24.7 Å². The number of primary amides is 1. The first kappa shape index (κ1) is 6.48. The van der Waals surface area contributed by atoms with Gasteiger partial charge in [0.05, 0.1) is 6.04 Å². The Morgan fingerprint density at radius 3 is 2.67 bits per heavy atom. The van der Waals surface area contributed by atoms with Crippen molar-refractivity contribution in [3.8, 4) is 0 Å². The minimum atomic E-state index is -0.900. The average molecular weight is 132 g/mol. The van der Waals surface area contributed by atoms with Gasteiger partial charge in [-0.1, -0.05) is 0 Å². The molecule has 1 fully saturated rings. The van der Waals surface area contributed by atoms with Crippen molar-refractivity contribution in [1.29, 1.82) is 0 Å². The van der Waals surface area contributed by atoms with Gasteiger partial charge in [0.15, 0.2) is 0 Å². The van der Waals surface area contributed by atoms with Crippen LogP contribution < -0.4 is 11.1 Å². The smallest absolute Gasteiger partial charge is 0.234 e. The highest BCUT2D eigenvalue weighted by Gasteiger charge is 2.26. The van der Waals surface area contributed by atoms with Crippen LogP contribution in [0.2, 0.25) is 0 Å². The van der Waals surface area contributed by atoms with Gasteiger partial charge in [-0.25, -0.2) is 4.39 Å². The number of hydrogen-bond acceptors (Lipinski definition) is 2. The van der Waals surface area contributed by atoms with E-state index in [0.29, 0.717) is 0 Å². The van der Waals surface area contributed by atoms with Crippen molar-refractivity contribution >= 4 is 5.91 Å². The standard InChI is InChI=1S/C5H9FN2O/c6-3-1-4(5(7)9)8-2-3/h3-4,8H,1-2H2,(H2,7,9). The van der Waals surface area contributed by atoms with Gasteiger partial charge in [0, 0.05) is 13.0 Å². The van der Waals surface area contributed by atoms with E-state index in [1.807, 2.05) is 0 Å². The number of amides is 1. The van der Waals surface area contributed by atoms with Crippen molar-refractivity contribution in [3.63, 3.8) is 0 Å². The summed E-state index contributed by atoms with van der Waals surface area (Å²) in [5.41, 5.74) is 4.89. The van der Waals surface area contributed by atoms with E-state index in [1.54, 1.807) is 0 Å². The molecule has 4 heteroatoms. The van der Waals surface area contributed by atoms with Gasteiger partial charge in [0.25, 0.3) is 0 Å². The lowest BCUT2D eigenvalue weighted by Crippen LogP contribution is -2.36. The number of hydrogen-bond donors (Lipinski definition) is 2. The Hall–Kier alpha value is -0.640. The SMILES string of the molecule is NC(=O)C1CC(F)CN1. The summed E-state index contributed by atoms with van der Waals surface area (Å²) >= 11 is 0. The fourth-order valence-corrected chi connectivity index (χ4v) is 0.909. The predicted molar refractivity (Wildman–Crippen MR) is 30.5 cm³/mol. The molecule has 1 aliphatic heterocycles. The maximum Gasteiger partial charge on any atom is 0.234 e. The number of alkyl halides is 1. The zero-order valence-electron chi connectivity index (χ0n) is 4.93. The third-order valence-corrected chi connectivity index (χ3v) is 1.42. The second-order valence-electron chi connectivity index (χ2n) is 2.20. The molecule has 1 rings (SSSR count). The molecule has 3 N–H and O–H groups in total. The molecule has 52 valence electrons. The van der Waals surface area contributed by atoms with E-state index >= 15 is 0 Å². The molecule has 3 nitrogen and oxygen atoms in total. The summed E-state index contributed by atoms with van der Waals surface area (Å²) in [7, 11) is 0. The minimum Gasteiger partial charge on any atom is -0.368 e. The summed E-state index contributed by atoms with van der Waals surface area (Å²) in [6.07, 6.45) is -0.669. The van der Waals surface area contributed by atoms with Gasteiger partial charge >= 0.3 is 0 Å². The first-order valence-electron chi connectivity index (χ1n) is 2.87. The molecule has 0 aromatic carbocycles. The molecular formula is C5H9FN2O. The Labute approximate surface area is 52.4 Å². The van der Waals surface area contributed by atoms with Crippen LogP contribution >= 0.6 is 0 Å². The van der Waals surface area contributed by atoms with Crippen LogP contribution in [0.4, 0.5) is 4.39 Å². The first-order chi connectivity index (χ1) is 4.20. The lowest BCUT2D eigenvalue weighted by Gasteiger charge is -2.00. The van der Waals surface area contributed by atoms with Crippen LogP contribution in [-0.2, 0) is 4.79 Å². The molecule has 0 spiro atoms. The summed E-state index contributed by atoms with van der Waals surface area (Å²) in [6, 6.07) is -0.444. The molecule has 0 radical (unpaired) electrons. The molecule has 1 amide bonds. The Morgan fingerprint density at radius 2 is 2.44 bits per heavy atom. The minimum absolute atomic E-state index is 0.231. The van der Waals surface area contributed by atoms with Crippen LogP contribution in [0.1, 0.15) is 6.42 Å². The topological polar surface area (TPSA) is 55.1 Å². The quantitative estimate of drug-likeness (QED) is 0.489. The molecule has 0 aromatic rings. The number of rotatable bonds is 1. The highest BCUT2D eigenvalue weighted by Crippen LogP contribution is 2.08. The highest BCUT2D eigenvalue weighted by atomic mass is 19.1. The fraction of sp³-hybridized carbons (Fsp3) is 0.800. The summed E-state index contributed by atoms with van der Waals surface area (Å²) in [4.78, 5) is 10.3. The fourth-order valence-electron chi connectivity index (χ4n) is 0.909. The molecule has 0 aliphatic carbocycles. The van der Waals surface area contributed by atoms with Gasteiger partial charge < -0.3 is 11.1 Å². The van der Waals surface area contributed by atoms with Crippen LogP contribution in [0.25, 0.3) is 0 Å². The van der Waals surface area contributed by atoms with Crippen molar-refractivity contribution < 1.29 is 9.18 Å². The van der Waals surface area contributed by atoms with Crippen molar-refractivity contribution in [2.75, 3.05) is 6.54 Å². The number of carbonyl (C=O) groups excluding carboxylic acids is 1. The zero-order valence-corrected chi connectivity index (χ0v) is 4.93. The zero-order chi connectivity index (χ0) is 6.85. The number of halogens is 1. The van der Waals surface area contributed by atoms with E-state index in [4.69, 9.17) is 5.73 Å². The van der Waals surface area contributed by atoms with Gasteiger partial charge in [-0.3, -0.25) is 4.79 Å². The van der Waals surface area contributed by atoms with Gasteiger partial charge in [0.2, 0.25) is 5.91 Å². The van der Waals surface area contributed by atoms with E-state index in [1.165, 1.54) is 0 Å². The van der Waals surface area contributed by atoms with E-state index in [2.05, 4.69) is 5.32 Å². The van der Waals surface area contributed by atoms with E-state index in [-0.39, 0.29) is 13.0 Å². The largest absolute Gasteiger partial charge is 0.368 e. The molecule has 1 aliphatic rings. The molecule has 0 aromatic heterocycles. The second-order valence-corrected chi connectivity index (χ2v) is 2.20. The lowest BCUT2D eigenvalue weighted by molar-refractivity contribution is -0.119. The molecule has 0 saturated carbocycles. The summed E-state index contributed by atoms with van der Waals surface area (Å²) in [6.45, 7) is 0.258. The van der Waals surface area contributed by atoms with Gasteiger partial charge in [-0.2, -0.15) is 0 Å². The van der Waals surface area contributed by atoms with Crippen molar-refractivity contribution in [2.45, 2.75) is 18.6 Å². The van der Waals surface area contributed by atoms with Gasteiger partial charge in [-0.15, -0.1) is 0 Å². The van der Waals surface area contributed by atoms with Crippen molar-refractivity contribution in [3.05, 3.63) is 0 Å². The number of carbonyl (C=O) groups is 1. The maximum atomic E-state index is 12.3. The third-order valence-electron chi connectivity index (χ3n) is 1.42. The first-order valence-corrected chi connectivity index (χ1v) is 2.87. The van der Waals surface area contributed by atoms with Crippen molar-refractivity contribution in [1.82, 2.24) is 5.32 Å². The molecule has 9 heavy (non-hydrogen) atoms. The van der Waals surface area contributed by atoms with Crippen LogP contribution in [0.3, 0.4) is 0 Å². The second kappa shape index (κ2) is 2.31. The van der Waals surface area contributed by atoms with E-state index in [0.717, 1.165) is 0 Å². The average Bonchev–Trinajstić information content (AvgIpc) is 2.14. The Kier molecular flexibility index (Phi) is 1.66. The van der Waals surface area contributed by atoms with E-state index < -0.39 is 18.1 Å². The van der Waals surface area contributed by atoms with Crippen molar-refractivity contribution in [2.24, 2.45) is 5.73 Å². The van der Waals surface area contributed by atoms with Gasteiger partial charge in [0.1, 0.15) is 6.17 Å². The molecule has 2 atom stereocenters. The highest BCUT2D eigenvalue weighted by molar-refractivity contribution is 5.80. The summed E-state index contributed by atoms with van der Waals surface area (Å²) < 4.78 is 12.3. The number of nitrogens with two attached hydrogens (primary N) is 1. The Morgan fingerprint density at radius 1 is 1.78 bits per heavy atom. The summed E-state index contributed by atoms with van der Waals surface area (Å²) in [5.74, 6) is -0.463. The molecule has 1 saturated heterocycles. The molecule has 2 unspecified atom stereocenters. The Balaban J connectivity index is 2.39. The summed E-state index contributed by atoms with van der Waals surface area (Å²) in [5, 5.41) is 2.66. The normalized spacial score (nSPS) is 34.8. The molecular weight excluding hydrogens is 123 g/mol. The Bertz CT molecular complexity index is 128. The molecule has 1 heterocycles. The van der Waals surface area contributed by atoms with Crippen LogP contribution in [0, 0.1) is 0 Å². The van der Waals surface area contributed by atoms with Gasteiger partial charge in [-0.05, 0) is 0 Å². The van der Waals surface area contributed by atoms with Crippen LogP contribution in [0.15, 0.2) is 0 Å². The predicted octanol–water partition coefficient (Wildman–Crippen LogP) is -0.828. The van der Waals surface area contributed by atoms with E-state index in [9.17, 15) is 9.18 Å². The monoisotopic (exact) mass is 132 g/mol. The van der Waals surface area contributed by atoms with Crippen LogP contribution in [0.5, 0.6) is 0 Å². The number of nitrogens with one attached hydrogen (secondary N) is 1. The maximum absolute atomic E-state index is 12.3. The molecule has 0 bridgehead atoms. The lowest BCUT2D eigenvalue weighted by atomic mass is 10.2.